The first-order valence-electron chi connectivity index (χ1n) is 6.66. The molecule has 2 aromatic carbocycles. The Kier molecular flexibility index (Phi) is 5.53. The zero-order valence-electron chi connectivity index (χ0n) is 11.6. The normalized spacial score (nSPS) is 10.7. The quantitative estimate of drug-likeness (QED) is 0.858. The first-order valence-corrected chi connectivity index (χ1v) is 7.04. The van der Waals surface area contributed by atoms with Crippen molar-refractivity contribution >= 4 is 11.6 Å². The van der Waals surface area contributed by atoms with E-state index in [1.807, 2.05) is 6.92 Å². The Morgan fingerprint density at radius 2 is 1.90 bits per heavy atom. The minimum atomic E-state index is -0.614. The van der Waals surface area contributed by atoms with E-state index >= 15 is 0 Å². The fourth-order valence-corrected chi connectivity index (χ4v) is 2.08. The molecule has 112 valence electrons. The lowest BCUT2D eigenvalue weighted by atomic mass is 10.2. The van der Waals surface area contributed by atoms with Crippen LogP contribution >= 0.6 is 11.6 Å². The van der Waals surface area contributed by atoms with Gasteiger partial charge in [0.05, 0.1) is 0 Å². The van der Waals surface area contributed by atoms with Crippen LogP contribution in [0, 0.1) is 11.6 Å². The van der Waals surface area contributed by atoms with Gasteiger partial charge in [-0.3, -0.25) is 0 Å². The summed E-state index contributed by atoms with van der Waals surface area (Å²) < 4.78 is 32.1. The minimum absolute atomic E-state index is 0.0346. The summed E-state index contributed by atoms with van der Waals surface area (Å²) >= 11 is 5.97. The smallest absolute Gasteiger partial charge is 0.132 e. The molecule has 0 unspecified atom stereocenters. The molecule has 0 amide bonds. The van der Waals surface area contributed by atoms with Crippen LogP contribution in [0.1, 0.15) is 18.1 Å². The van der Waals surface area contributed by atoms with Gasteiger partial charge < -0.3 is 10.1 Å². The highest BCUT2D eigenvalue weighted by molar-refractivity contribution is 6.30. The topological polar surface area (TPSA) is 21.3 Å². The number of rotatable bonds is 6. The maximum Gasteiger partial charge on any atom is 0.132 e. The van der Waals surface area contributed by atoms with Crippen molar-refractivity contribution in [1.82, 2.24) is 5.32 Å². The van der Waals surface area contributed by atoms with Gasteiger partial charge in [-0.1, -0.05) is 18.5 Å². The van der Waals surface area contributed by atoms with Gasteiger partial charge in [0.25, 0.3) is 0 Å². The molecule has 0 bridgehead atoms. The van der Waals surface area contributed by atoms with Crippen LogP contribution in [0.4, 0.5) is 8.78 Å². The highest BCUT2D eigenvalue weighted by Gasteiger charge is 2.08. The number of nitrogens with one attached hydrogen (secondary N) is 1. The molecular formula is C16H16ClF2NO. The van der Waals surface area contributed by atoms with E-state index in [-0.39, 0.29) is 6.61 Å². The molecule has 0 fully saturated rings. The number of halogens is 3. The summed E-state index contributed by atoms with van der Waals surface area (Å²) in [5.74, 6) is -0.586. The van der Waals surface area contributed by atoms with Gasteiger partial charge in [-0.2, -0.15) is 0 Å². The molecular weight excluding hydrogens is 296 g/mol. The van der Waals surface area contributed by atoms with E-state index in [2.05, 4.69) is 5.32 Å². The zero-order chi connectivity index (χ0) is 15.2. The number of hydrogen-bond acceptors (Lipinski definition) is 2. The van der Waals surface area contributed by atoms with Crippen LogP contribution in [-0.4, -0.2) is 6.54 Å². The summed E-state index contributed by atoms with van der Waals surface area (Å²) in [5.41, 5.74) is 1.20. The molecule has 0 aliphatic carbocycles. The van der Waals surface area contributed by atoms with Crippen LogP contribution in [0.15, 0.2) is 36.4 Å². The van der Waals surface area contributed by atoms with E-state index in [4.69, 9.17) is 16.3 Å². The second-order valence-corrected chi connectivity index (χ2v) is 4.99. The monoisotopic (exact) mass is 311 g/mol. The average Bonchev–Trinajstić information content (AvgIpc) is 2.45. The minimum Gasteiger partial charge on any atom is -0.488 e. The molecule has 0 saturated heterocycles. The second-order valence-electron chi connectivity index (χ2n) is 4.56. The van der Waals surface area contributed by atoms with Crippen molar-refractivity contribution < 1.29 is 13.5 Å². The maximum absolute atomic E-state index is 13.6. The summed E-state index contributed by atoms with van der Waals surface area (Å²) in [7, 11) is 0. The van der Waals surface area contributed by atoms with Gasteiger partial charge in [0.15, 0.2) is 0 Å². The summed E-state index contributed by atoms with van der Waals surface area (Å²) in [4.78, 5) is 0. The molecule has 2 aromatic rings. The molecule has 21 heavy (non-hydrogen) atoms. The first kappa shape index (κ1) is 15.7. The Morgan fingerprint density at radius 3 is 2.62 bits per heavy atom. The van der Waals surface area contributed by atoms with Gasteiger partial charge in [0, 0.05) is 28.8 Å². The number of ether oxygens (including phenoxy) is 1. The van der Waals surface area contributed by atoms with Gasteiger partial charge >= 0.3 is 0 Å². The Morgan fingerprint density at radius 1 is 1.10 bits per heavy atom. The predicted octanol–water partition coefficient (Wildman–Crippen LogP) is 4.31. The molecule has 0 aromatic heterocycles. The lowest BCUT2D eigenvalue weighted by Gasteiger charge is -2.13. The molecule has 1 N–H and O–H groups in total. The summed E-state index contributed by atoms with van der Waals surface area (Å²) in [5, 5.41) is 3.80. The van der Waals surface area contributed by atoms with Gasteiger partial charge in [-0.05, 0) is 36.9 Å². The van der Waals surface area contributed by atoms with Crippen LogP contribution in [0.2, 0.25) is 5.02 Å². The van der Waals surface area contributed by atoms with Gasteiger partial charge in [-0.15, -0.1) is 0 Å². The average molecular weight is 312 g/mol. The SMILES string of the molecule is CCNCc1cc(Cl)ccc1OCc1ccc(F)cc1F. The Labute approximate surface area is 127 Å². The van der Waals surface area contributed by atoms with E-state index in [1.165, 1.54) is 12.1 Å². The Balaban J connectivity index is 2.11. The van der Waals surface area contributed by atoms with E-state index in [0.29, 0.717) is 22.9 Å². The second kappa shape index (κ2) is 7.38. The fraction of sp³-hybridized carbons (Fsp3) is 0.250. The molecule has 0 aliphatic rings. The third-order valence-corrected chi connectivity index (χ3v) is 3.22. The fourth-order valence-electron chi connectivity index (χ4n) is 1.88. The zero-order valence-corrected chi connectivity index (χ0v) is 12.4. The van der Waals surface area contributed by atoms with E-state index in [1.54, 1.807) is 18.2 Å². The van der Waals surface area contributed by atoms with Crippen LogP contribution in [0.3, 0.4) is 0 Å². The van der Waals surface area contributed by atoms with Gasteiger partial charge in [0.1, 0.15) is 24.0 Å². The Hall–Kier alpha value is -1.65. The largest absolute Gasteiger partial charge is 0.488 e. The molecule has 0 spiro atoms. The van der Waals surface area contributed by atoms with Crippen LogP contribution in [-0.2, 0) is 13.2 Å². The van der Waals surface area contributed by atoms with Gasteiger partial charge in [-0.25, -0.2) is 8.78 Å². The standard InChI is InChI=1S/C16H16ClF2NO/c1-2-20-9-12-7-13(17)4-6-16(12)21-10-11-3-5-14(18)8-15(11)19/h3-8,20H,2,9-10H2,1H3. The molecule has 0 aliphatic heterocycles. The van der Waals surface area contributed by atoms with Crippen molar-refractivity contribution in [3.05, 3.63) is 64.2 Å². The first-order chi connectivity index (χ1) is 10.1. The molecule has 0 atom stereocenters. The molecule has 2 nitrogen and oxygen atoms in total. The molecule has 0 radical (unpaired) electrons. The molecule has 5 heteroatoms. The van der Waals surface area contributed by atoms with Crippen LogP contribution in [0.25, 0.3) is 0 Å². The van der Waals surface area contributed by atoms with Crippen LogP contribution in [0.5, 0.6) is 5.75 Å². The third kappa shape index (κ3) is 4.41. The highest BCUT2D eigenvalue weighted by atomic mass is 35.5. The molecule has 0 heterocycles. The lowest BCUT2D eigenvalue weighted by molar-refractivity contribution is 0.295. The van der Waals surface area contributed by atoms with E-state index in [9.17, 15) is 8.78 Å². The molecule has 0 saturated carbocycles. The summed E-state index contributed by atoms with van der Waals surface area (Å²) in [6.07, 6.45) is 0. The third-order valence-electron chi connectivity index (χ3n) is 2.99. The van der Waals surface area contributed by atoms with E-state index in [0.717, 1.165) is 18.2 Å². The number of benzene rings is 2. The van der Waals surface area contributed by atoms with Crippen molar-refractivity contribution in [3.63, 3.8) is 0 Å². The van der Waals surface area contributed by atoms with E-state index < -0.39 is 11.6 Å². The van der Waals surface area contributed by atoms with Crippen molar-refractivity contribution in [2.45, 2.75) is 20.1 Å². The van der Waals surface area contributed by atoms with Crippen molar-refractivity contribution in [2.24, 2.45) is 0 Å². The van der Waals surface area contributed by atoms with Gasteiger partial charge in [0.2, 0.25) is 0 Å². The lowest BCUT2D eigenvalue weighted by Crippen LogP contribution is -2.13. The number of hydrogen-bond donors (Lipinski definition) is 1. The van der Waals surface area contributed by atoms with Crippen molar-refractivity contribution in [1.29, 1.82) is 0 Å². The van der Waals surface area contributed by atoms with Crippen molar-refractivity contribution in [2.75, 3.05) is 6.54 Å². The predicted molar refractivity (Wildman–Crippen MR) is 79.5 cm³/mol. The summed E-state index contributed by atoms with van der Waals surface area (Å²) in [6.45, 7) is 3.46. The van der Waals surface area contributed by atoms with Crippen molar-refractivity contribution in [3.8, 4) is 5.75 Å². The highest BCUT2D eigenvalue weighted by Crippen LogP contribution is 2.24. The maximum atomic E-state index is 13.6. The molecule has 2 rings (SSSR count). The Bertz CT molecular complexity index is 619. The summed E-state index contributed by atoms with van der Waals surface area (Å²) in [6, 6.07) is 8.71. The van der Waals surface area contributed by atoms with Crippen LogP contribution < -0.4 is 10.1 Å².